The van der Waals surface area contributed by atoms with Gasteiger partial charge in [-0.3, -0.25) is 23.5 Å². The summed E-state index contributed by atoms with van der Waals surface area (Å²) in [6.45, 7) is 10.1. The number of piperidine rings is 1. The first-order valence-corrected chi connectivity index (χ1v) is 12.0. The lowest BCUT2D eigenvalue weighted by atomic mass is 9.96. The summed E-state index contributed by atoms with van der Waals surface area (Å²) in [5.74, 6) is 1.59. The van der Waals surface area contributed by atoms with Gasteiger partial charge in [-0.05, 0) is 65.3 Å². The fraction of sp³-hybridized carbons (Fsp3) is 0.583. The van der Waals surface area contributed by atoms with Gasteiger partial charge in [-0.25, -0.2) is 0 Å². The van der Waals surface area contributed by atoms with E-state index in [0.29, 0.717) is 37.4 Å². The van der Waals surface area contributed by atoms with Crippen molar-refractivity contribution in [3.63, 3.8) is 0 Å². The van der Waals surface area contributed by atoms with Gasteiger partial charge in [0.1, 0.15) is 0 Å². The van der Waals surface area contributed by atoms with Crippen molar-refractivity contribution in [2.45, 2.75) is 59.2 Å². The first-order chi connectivity index (χ1) is 16.0. The number of fused-ring (bicyclic) bond motifs is 3. The summed E-state index contributed by atoms with van der Waals surface area (Å²) in [5.41, 5.74) is 0.792. The molecule has 1 aromatic carbocycles. The molecular formula is C24H34N6O3. The van der Waals surface area contributed by atoms with Gasteiger partial charge in [-0.1, -0.05) is 12.1 Å². The Labute approximate surface area is 193 Å². The van der Waals surface area contributed by atoms with Gasteiger partial charge in [0.05, 0.1) is 23.6 Å². The Morgan fingerprint density at radius 2 is 1.97 bits per heavy atom. The summed E-state index contributed by atoms with van der Waals surface area (Å²) in [7, 11) is 0. The van der Waals surface area contributed by atoms with Crippen molar-refractivity contribution in [1.29, 1.82) is 0 Å². The van der Waals surface area contributed by atoms with E-state index in [-0.39, 0.29) is 23.5 Å². The highest BCUT2D eigenvalue weighted by molar-refractivity contribution is 5.80. The van der Waals surface area contributed by atoms with Crippen LogP contribution in [0.1, 0.15) is 45.9 Å². The van der Waals surface area contributed by atoms with Gasteiger partial charge in [0.25, 0.3) is 5.56 Å². The van der Waals surface area contributed by atoms with Crippen LogP contribution >= 0.6 is 0 Å². The van der Waals surface area contributed by atoms with Gasteiger partial charge in [-0.15, -0.1) is 10.2 Å². The van der Waals surface area contributed by atoms with E-state index < -0.39 is 0 Å². The quantitative estimate of drug-likeness (QED) is 0.498. The molecule has 0 saturated carbocycles. The number of rotatable bonds is 9. The average Bonchev–Trinajstić information content (AvgIpc) is 3.23. The maximum atomic E-state index is 12.8. The number of aromatic nitrogens is 4. The summed E-state index contributed by atoms with van der Waals surface area (Å²) in [6.07, 6.45) is 2.70. The molecule has 33 heavy (non-hydrogen) atoms. The highest BCUT2D eigenvalue weighted by Gasteiger charge is 2.26. The fourth-order valence-electron chi connectivity index (χ4n) is 4.50. The van der Waals surface area contributed by atoms with E-state index in [2.05, 4.69) is 20.4 Å². The van der Waals surface area contributed by atoms with Crippen LogP contribution in [0.3, 0.4) is 0 Å². The third-order valence-corrected chi connectivity index (χ3v) is 6.29. The minimum Gasteiger partial charge on any atom is -0.379 e. The second kappa shape index (κ2) is 10.4. The van der Waals surface area contributed by atoms with Gasteiger partial charge in [0.2, 0.25) is 11.7 Å². The van der Waals surface area contributed by atoms with Crippen molar-refractivity contribution < 1.29 is 9.53 Å². The zero-order valence-corrected chi connectivity index (χ0v) is 19.8. The van der Waals surface area contributed by atoms with E-state index in [4.69, 9.17) is 4.74 Å². The van der Waals surface area contributed by atoms with Crippen LogP contribution in [0.15, 0.2) is 29.1 Å². The van der Waals surface area contributed by atoms with E-state index in [1.807, 2.05) is 49.4 Å². The molecule has 9 heteroatoms. The first kappa shape index (κ1) is 23.4. The minimum atomic E-state index is -0.0397. The van der Waals surface area contributed by atoms with Gasteiger partial charge in [0, 0.05) is 25.6 Å². The molecule has 1 amide bonds. The summed E-state index contributed by atoms with van der Waals surface area (Å²) in [4.78, 5) is 27.7. The van der Waals surface area contributed by atoms with Crippen molar-refractivity contribution in [3.8, 4) is 0 Å². The van der Waals surface area contributed by atoms with E-state index in [9.17, 15) is 9.59 Å². The molecule has 3 aromatic rings. The van der Waals surface area contributed by atoms with Crippen LogP contribution in [0.5, 0.6) is 0 Å². The van der Waals surface area contributed by atoms with Gasteiger partial charge in [-0.2, -0.15) is 0 Å². The molecule has 1 N–H and O–H groups in total. The largest absolute Gasteiger partial charge is 0.379 e. The standard InChI is InChI=1S/C24H34N6O3/c1-4-29-23(32)19-8-5-6-9-20(19)30-21(26-27-24(29)30)16-28-13-10-18(11-14-28)22(31)25-12-7-15-33-17(2)3/h5-6,8-9,17-18H,4,7,10-16H2,1-3H3,(H,25,31). The molecule has 1 saturated heterocycles. The van der Waals surface area contributed by atoms with Crippen LogP contribution in [0.2, 0.25) is 0 Å². The molecule has 9 nitrogen and oxygen atoms in total. The van der Waals surface area contributed by atoms with Gasteiger partial charge < -0.3 is 10.1 Å². The molecule has 0 spiro atoms. The molecule has 0 atom stereocenters. The summed E-state index contributed by atoms with van der Waals surface area (Å²) >= 11 is 0. The second-order valence-corrected chi connectivity index (χ2v) is 8.93. The molecule has 1 aliphatic heterocycles. The fourth-order valence-corrected chi connectivity index (χ4v) is 4.50. The first-order valence-electron chi connectivity index (χ1n) is 12.0. The van der Waals surface area contributed by atoms with Crippen LogP contribution in [-0.2, 0) is 22.6 Å². The van der Waals surface area contributed by atoms with Crippen LogP contribution in [0.4, 0.5) is 0 Å². The van der Waals surface area contributed by atoms with Crippen molar-refractivity contribution in [1.82, 2.24) is 29.4 Å². The lowest BCUT2D eigenvalue weighted by molar-refractivity contribution is -0.126. The molecule has 2 aromatic heterocycles. The molecule has 3 heterocycles. The number of carbonyl (C=O) groups excluding carboxylic acids is 1. The Balaban J connectivity index is 1.39. The zero-order chi connectivity index (χ0) is 23.4. The average molecular weight is 455 g/mol. The number of nitrogens with one attached hydrogen (secondary N) is 1. The number of nitrogens with zero attached hydrogens (tertiary/aromatic N) is 5. The molecular weight excluding hydrogens is 420 g/mol. The molecule has 1 aliphatic rings. The minimum absolute atomic E-state index is 0.0397. The SMILES string of the molecule is CCn1c(=O)c2ccccc2n2c(CN3CCC(C(=O)NCCCOC(C)C)CC3)nnc12. The topological polar surface area (TPSA) is 93.8 Å². The number of carbonyl (C=O) groups is 1. The third kappa shape index (κ3) is 5.09. The summed E-state index contributed by atoms with van der Waals surface area (Å²) in [6, 6.07) is 7.61. The highest BCUT2D eigenvalue weighted by Crippen LogP contribution is 2.20. The Morgan fingerprint density at radius 1 is 1.21 bits per heavy atom. The lowest BCUT2D eigenvalue weighted by Crippen LogP contribution is -2.40. The maximum absolute atomic E-state index is 12.8. The molecule has 0 radical (unpaired) electrons. The van der Waals surface area contributed by atoms with E-state index in [1.54, 1.807) is 4.57 Å². The Bertz CT molecular complexity index is 1160. The number of aryl methyl sites for hydroxylation is 1. The Hall–Kier alpha value is -2.78. The smallest absolute Gasteiger partial charge is 0.262 e. The number of hydrogen-bond acceptors (Lipinski definition) is 6. The van der Waals surface area contributed by atoms with Gasteiger partial charge in [0.15, 0.2) is 5.82 Å². The monoisotopic (exact) mass is 454 g/mol. The van der Waals surface area contributed by atoms with Crippen LogP contribution in [0.25, 0.3) is 16.7 Å². The number of ether oxygens (including phenoxy) is 1. The van der Waals surface area contributed by atoms with Crippen molar-refractivity contribution in [2.24, 2.45) is 5.92 Å². The molecule has 0 aliphatic carbocycles. The van der Waals surface area contributed by atoms with Crippen molar-refractivity contribution >= 4 is 22.6 Å². The van der Waals surface area contributed by atoms with E-state index in [1.165, 1.54) is 0 Å². The molecule has 178 valence electrons. The van der Waals surface area contributed by atoms with Crippen LogP contribution in [0, 0.1) is 5.92 Å². The Morgan fingerprint density at radius 3 is 2.70 bits per heavy atom. The van der Waals surface area contributed by atoms with Crippen LogP contribution < -0.4 is 10.9 Å². The second-order valence-electron chi connectivity index (χ2n) is 8.93. The molecule has 4 rings (SSSR count). The third-order valence-electron chi connectivity index (χ3n) is 6.29. The number of likely N-dealkylation sites (tertiary alicyclic amines) is 1. The molecule has 0 unspecified atom stereocenters. The number of hydrogen-bond donors (Lipinski definition) is 1. The lowest BCUT2D eigenvalue weighted by Gasteiger charge is -2.30. The van der Waals surface area contributed by atoms with E-state index in [0.717, 1.165) is 43.7 Å². The number of amides is 1. The predicted molar refractivity (Wildman–Crippen MR) is 127 cm³/mol. The number of benzene rings is 1. The molecule has 1 fully saturated rings. The summed E-state index contributed by atoms with van der Waals surface area (Å²) < 4.78 is 9.19. The van der Waals surface area contributed by atoms with Crippen molar-refractivity contribution in [2.75, 3.05) is 26.2 Å². The number of para-hydroxylation sites is 1. The zero-order valence-electron chi connectivity index (χ0n) is 19.8. The molecule has 0 bridgehead atoms. The van der Waals surface area contributed by atoms with Crippen LogP contribution in [-0.4, -0.2) is 62.3 Å². The van der Waals surface area contributed by atoms with E-state index >= 15 is 0 Å². The van der Waals surface area contributed by atoms with Crippen molar-refractivity contribution in [3.05, 3.63) is 40.4 Å². The maximum Gasteiger partial charge on any atom is 0.262 e. The van der Waals surface area contributed by atoms with Gasteiger partial charge >= 0.3 is 0 Å². The Kier molecular flexibility index (Phi) is 7.39. The normalized spacial score (nSPS) is 15.6. The highest BCUT2D eigenvalue weighted by atomic mass is 16.5. The summed E-state index contributed by atoms with van der Waals surface area (Å²) in [5, 5.41) is 12.5. The predicted octanol–water partition coefficient (Wildman–Crippen LogP) is 2.21.